The molecule has 0 aromatic heterocycles. The molecule has 0 aliphatic rings. The van der Waals surface area contributed by atoms with Crippen LogP contribution in [0.15, 0.2) is 23.1 Å². The van der Waals surface area contributed by atoms with Gasteiger partial charge in [0.05, 0.1) is 5.02 Å². The van der Waals surface area contributed by atoms with Crippen LogP contribution in [-0.4, -0.2) is 20.9 Å². The van der Waals surface area contributed by atoms with Crippen molar-refractivity contribution in [3.63, 3.8) is 0 Å². The number of nitrogens with one attached hydrogen (secondary N) is 1. The highest BCUT2D eigenvalue weighted by atomic mass is 35.5. The van der Waals surface area contributed by atoms with Gasteiger partial charge in [0.2, 0.25) is 10.0 Å². The molecule has 0 atom stereocenters. The Morgan fingerprint density at radius 3 is 2.56 bits per heavy atom. The molecule has 1 amide bonds. The number of halogens is 1. The second kappa shape index (κ2) is 5.69. The van der Waals surface area contributed by atoms with Crippen molar-refractivity contribution in [3.8, 4) is 0 Å². The summed E-state index contributed by atoms with van der Waals surface area (Å²) in [6, 6.07) is 3.96. The zero-order chi connectivity index (χ0) is 13.9. The molecule has 5 nitrogen and oxygen atoms in total. The first kappa shape index (κ1) is 14.9. The highest BCUT2D eigenvalue weighted by molar-refractivity contribution is 7.89. The Kier molecular flexibility index (Phi) is 4.72. The van der Waals surface area contributed by atoms with E-state index < -0.39 is 10.0 Å². The maximum absolute atomic E-state index is 11.7. The van der Waals surface area contributed by atoms with Gasteiger partial charge in [0, 0.05) is 12.1 Å². The van der Waals surface area contributed by atoms with E-state index in [1.54, 1.807) is 0 Å². The highest BCUT2D eigenvalue weighted by Gasteiger charge is 2.16. The van der Waals surface area contributed by atoms with Crippen LogP contribution in [0.1, 0.15) is 24.2 Å². The van der Waals surface area contributed by atoms with E-state index in [9.17, 15) is 13.2 Å². The lowest BCUT2D eigenvalue weighted by molar-refractivity contribution is 0.0949. The predicted molar refractivity (Wildman–Crippen MR) is 70.0 cm³/mol. The first-order valence-corrected chi connectivity index (χ1v) is 7.25. The van der Waals surface area contributed by atoms with Gasteiger partial charge in [-0.1, -0.05) is 25.4 Å². The number of hydrogen-bond acceptors (Lipinski definition) is 3. The maximum atomic E-state index is 11.7. The van der Waals surface area contributed by atoms with E-state index in [1.165, 1.54) is 18.2 Å². The van der Waals surface area contributed by atoms with Crippen LogP contribution in [0.3, 0.4) is 0 Å². The molecule has 0 fully saturated rings. The molecule has 7 heteroatoms. The minimum absolute atomic E-state index is 0.00194. The Balaban J connectivity index is 3.02. The topological polar surface area (TPSA) is 89.3 Å². The fourth-order valence-electron chi connectivity index (χ4n) is 1.26. The molecular weight excluding hydrogens is 276 g/mol. The van der Waals surface area contributed by atoms with Crippen LogP contribution >= 0.6 is 11.6 Å². The molecule has 0 radical (unpaired) electrons. The number of amides is 1. The molecule has 0 heterocycles. The molecule has 0 bridgehead atoms. The first-order chi connectivity index (χ1) is 8.21. The normalized spacial score (nSPS) is 11.6. The number of carbonyl (C=O) groups is 1. The van der Waals surface area contributed by atoms with E-state index in [1.807, 2.05) is 13.8 Å². The van der Waals surface area contributed by atoms with E-state index >= 15 is 0 Å². The van der Waals surface area contributed by atoms with Crippen molar-refractivity contribution in [2.24, 2.45) is 11.1 Å². The molecule has 1 rings (SSSR count). The average Bonchev–Trinajstić information content (AvgIpc) is 2.24. The third-order valence-corrected chi connectivity index (χ3v) is 3.56. The molecule has 3 N–H and O–H groups in total. The number of hydrogen-bond donors (Lipinski definition) is 2. The minimum Gasteiger partial charge on any atom is -0.352 e. The van der Waals surface area contributed by atoms with E-state index in [4.69, 9.17) is 16.7 Å². The summed E-state index contributed by atoms with van der Waals surface area (Å²) in [6.07, 6.45) is 0. The van der Waals surface area contributed by atoms with Crippen molar-refractivity contribution in [1.82, 2.24) is 5.32 Å². The summed E-state index contributed by atoms with van der Waals surface area (Å²) in [5.74, 6) is -0.0516. The van der Waals surface area contributed by atoms with Crippen molar-refractivity contribution in [1.29, 1.82) is 0 Å². The summed E-state index contributed by atoms with van der Waals surface area (Å²) in [6.45, 7) is 4.42. The maximum Gasteiger partial charge on any atom is 0.251 e. The Labute approximate surface area is 111 Å². The molecule has 0 spiro atoms. The molecule has 0 aliphatic heterocycles. The third-order valence-electron chi connectivity index (χ3n) is 2.17. The van der Waals surface area contributed by atoms with Crippen LogP contribution in [0.2, 0.25) is 5.02 Å². The Morgan fingerprint density at radius 1 is 1.44 bits per heavy atom. The van der Waals surface area contributed by atoms with Crippen LogP contribution in [0.25, 0.3) is 0 Å². The van der Waals surface area contributed by atoms with E-state index in [-0.39, 0.29) is 21.4 Å². The quantitative estimate of drug-likeness (QED) is 0.878. The van der Waals surface area contributed by atoms with Crippen LogP contribution in [0, 0.1) is 5.92 Å². The second-order valence-corrected chi connectivity index (χ2v) is 6.23. The van der Waals surface area contributed by atoms with Gasteiger partial charge in [-0.2, -0.15) is 0 Å². The lowest BCUT2D eigenvalue weighted by Crippen LogP contribution is -2.27. The SMILES string of the molecule is CC(C)CNC(=O)c1ccc(Cl)c(S(N)(=O)=O)c1. The number of primary sulfonamides is 1. The lowest BCUT2D eigenvalue weighted by Gasteiger charge is -2.09. The van der Waals surface area contributed by atoms with Crippen LogP contribution in [0.4, 0.5) is 0 Å². The zero-order valence-corrected chi connectivity index (χ0v) is 11.7. The van der Waals surface area contributed by atoms with Gasteiger partial charge in [-0.25, -0.2) is 13.6 Å². The van der Waals surface area contributed by atoms with Crippen molar-refractivity contribution < 1.29 is 13.2 Å². The first-order valence-electron chi connectivity index (χ1n) is 5.32. The van der Waals surface area contributed by atoms with E-state index in [2.05, 4.69) is 5.32 Å². The predicted octanol–water partition coefficient (Wildman–Crippen LogP) is 1.37. The lowest BCUT2D eigenvalue weighted by atomic mass is 10.2. The Morgan fingerprint density at radius 2 is 2.06 bits per heavy atom. The van der Waals surface area contributed by atoms with Gasteiger partial charge in [-0.15, -0.1) is 0 Å². The minimum atomic E-state index is -3.93. The molecular formula is C11H15ClN2O3S. The average molecular weight is 291 g/mol. The molecule has 1 aromatic rings. The monoisotopic (exact) mass is 290 g/mol. The zero-order valence-electron chi connectivity index (χ0n) is 10.1. The van der Waals surface area contributed by atoms with Crippen molar-refractivity contribution in [2.45, 2.75) is 18.7 Å². The van der Waals surface area contributed by atoms with Crippen molar-refractivity contribution in [3.05, 3.63) is 28.8 Å². The fourth-order valence-corrected chi connectivity index (χ4v) is 2.33. The third kappa shape index (κ3) is 3.97. The van der Waals surface area contributed by atoms with E-state index in [0.29, 0.717) is 12.5 Å². The van der Waals surface area contributed by atoms with Gasteiger partial charge in [0.25, 0.3) is 5.91 Å². The number of benzene rings is 1. The summed E-state index contributed by atoms with van der Waals surface area (Å²) >= 11 is 5.72. The molecule has 0 saturated carbocycles. The van der Waals surface area contributed by atoms with Gasteiger partial charge in [0.15, 0.2) is 0 Å². The summed E-state index contributed by atoms with van der Waals surface area (Å²) in [5.41, 5.74) is 0.212. The fraction of sp³-hybridized carbons (Fsp3) is 0.364. The number of nitrogens with two attached hydrogens (primary N) is 1. The molecule has 18 heavy (non-hydrogen) atoms. The molecule has 0 aliphatic carbocycles. The van der Waals surface area contributed by atoms with Gasteiger partial charge in [-0.05, 0) is 24.1 Å². The standard InChI is InChI=1S/C11H15ClN2O3S/c1-7(2)6-14-11(15)8-3-4-9(12)10(5-8)18(13,16)17/h3-5,7H,6H2,1-2H3,(H,14,15)(H2,13,16,17). The number of rotatable bonds is 4. The van der Waals surface area contributed by atoms with Gasteiger partial charge in [-0.3, -0.25) is 4.79 Å². The molecule has 100 valence electrons. The summed E-state index contributed by atoms with van der Waals surface area (Å²) < 4.78 is 22.5. The molecule has 1 aromatic carbocycles. The number of sulfonamides is 1. The van der Waals surface area contributed by atoms with Gasteiger partial charge in [0.1, 0.15) is 4.90 Å². The molecule has 0 saturated heterocycles. The Hall–Kier alpha value is -1.11. The smallest absolute Gasteiger partial charge is 0.251 e. The Bertz CT molecular complexity index is 555. The van der Waals surface area contributed by atoms with Crippen molar-refractivity contribution in [2.75, 3.05) is 6.54 Å². The van der Waals surface area contributed by atoms with Crippen LogP contribution < -0.4 is 10.5 Å². The van der Waals surface area contributed by atoms with Gasteiger partial charge >= 0.3 is 0 Å². The van der Waals surface area contributed by atoms with Crippen molar-refractivity contribution >= 4 is 27.5 Å². The van der Waals surface area contributed by atoms with Gasteiger partial charge < -0.3 is 5.32 Å². The summed E-state index contributed by atoms with van der Waals surface area (Å²) in [7, 11) is -3.93. The van der Waals surface area contributed by atoms with Crippen LogP contribution in [-0.2, 0) is 10.0 Å². The number of carbonyl (C=O) groups excluding carboxylic acids is 1. The molecule has 0 unspecified atom stereocenters. The van der Waals surface area contributed by atoms with Crippen LogP contribution in [0.5, 0.6) is 0 Å². The summed E-state index contributed by atoms with van der Waals surface area (Å²) in [5, 5.41) is 7.68. The highest BCUT2D eigenvalue weighted by Crippen LogP contribution is 2.21. The largest absolute Gasteiger partial charge is 0.352 e. The summed E-state index contributed by atoms with van der Waals surface area (Å²) in [4.78, 5) is 11.5. The second-order valence-electron chi connectivity index (χ2n) is 4.29. The van der Waals surface area contributed by atoms with E-state index in [0.717, 1.165) is 0 Å².